The van der Waals surface area contributed by atoms with Crippen molar-refractivity contribution in [3.8, 4) is 0 Å². The van der Waals surface area contributed by atoms with Crippen LogP contribution in [0, 0.1) is 0 Å². The van der Waals surface area contributed by atoms with Crippen molar-refractivity contribution < 1.29 is 13.2 Å². The molecule has 1 aliphatic heterocycles. The zero-order valence-corrected chi connectivity index (χ0v) is 10.3. The Kier molecular flexibility index (Phi) is 3.97. The number of pyridine rings is 1. The Morgan fingerprint density at radius 2 is 2.00 bits per heavy atom. The molecular weight excluding hydrogens is 267 g/mol. The molecule has 1 aromatic rings. The topological polar surface area (TPSA) is 28.2 Å². The number of rotatable bonds is 2. The van der Waals surface area contributed by atoms with E-state index in [1.54, 1.807) is 6.07 Å². The van der Waals surface area contributed by atoms with Gasteiger partial charge in [-0.15, -0.1) is 0 Å². The Morgan fingerprint density at radius 3 is 2.56 bits per heavy atom. The zero-order chi connectivity index (χ0) is 13.2. The van der Waals surface area contributed by atoms with Crippen molar-refractivity contribution in [3.63, 3.8) is 0 Å². The van der Waals surface area contributed by atoms with Crippen molar-refractivity contribution in [2.75, 3.05) is 18.0 Å². The highest BCUT2D eigenvalue weighted by Crippen LogP contribution is 2.30. The molecule has 0 unspecified atom stereocenters. The van der Waals surface area contributed by atoms with Gasteiger partial charge in [-0.3, -0.25) is 4.98 Å². The van der Waals surface area contributed by atoms with Gasteiger partial charge in [-0.05, 0) is 36.8 Å². The molecule has 0 atom stereocenters. The van der Waals surface area contributed by atoms with Gasteiger partial charge in [0.05, 0.1) is 0 Å². The predicted molar refractivity (Wildman–Crippen MR) is 63.5 cm³/mol. The average molecular weight is 280 g/mol. The Balaban J connectivity index is 2.10. The molecule has 2 rings (SSSR count). The molecule has 0 aromatic carbocycles. The minimum Gasteiger partial charge on any atom is -0.371 e. The van der Waals surface area contributed by atoms with Crippen LogP contribution in [0.25, 0.3) is 0 Å². The van der Waals surface area contributed by atoms with Gasteiger partial charge in [0.25, 0.3) is 0 Å². The van der Waals surface area contributed by atoms with Crippen LogP contribution in [0.4, 0.5) is 18.9 Å². The van der Waals surface area contributed by atoms with E-state index in [0.29, 0.717) is 18.8 Å². The number of anilines is 1. The SMILES string of the molecule is FC(F)(F)c1cc(N2CCC(NCl)CC2)ccn1. The molecule has 1 aliphatic rings. The number of aromatic nitrogens is 1. The van der Waals surface area contributed by atoms with E-state index in [1.807, 2.05) is 4.90 Å². The van der Waals surface area contributed by atoms with Crippen molar-refractivity contribution in [2.24, 2.45) is 0 Å². The lowest BCUT2D eigenvalue weighted by Crippen LogP contribution is -2.39. The van der Waals surface area contributed by atoms with Gasteiger partial charge in [-0.25, -0.2) is 4.84 Å². The average Bonchev–Trinajstić information content (AvgIpc) is 2.38. The first-order chi connectivity index (χ1) is 8.50. The number of hydrogen-bond donors (Lipinski definition) is 1. The molecule has 0 spiro atoms. The third-order valence-corrected chi connectivity index (χ3v) is 3.36. The molecule has 7 heteroatoms. The fraction of sp³-hybridized carbons (Fsp3) is 0.545. The normalized spacial score (nSPS) is 18.1. The molecule has 0 amide bonds. The maximum atomic E-state index is 12.5. The van der Waals surface area contributed by atoms with Crippen LogP contribution < -0.4 is 9.74 Å². The van der Waals surface area contributed by atoms with Gasteiger partial charge in [-0.2, -0.15) is 13.2 Å². The van der Waals surface area contributed by atoms with Crippen LogP contribution in [0.5, 0.6) is 0 Å². The summed E-state index contributed by atoms with van der Waals surface area (Å²) in [7, 11) is 0. The zero-order valence-electron chi connectivity index (χ0n) is 9.54. The maximum Gasteiger partial charge on any atom is 0.433 e. The monoisotopic (exact) mass is 279 g/mol. The molecule has 2 heterocycles. The number of alkyl halides is 3. The first kappa shape index (κ1) is 13.4. The van der Waals surface area contributed by atoms with Crippen molar-refractivity contribution in [1.29, 1.82) is 0 Å². The Hall–Kier alpha value is -1.01. The summed E-state index contributed by atoms with van der Waals surface area (Å²) in [6.07, 6.45) is -1.57. The Labute approximate surface area is 108 Å². The fourth-order valence-electron chi connectivity index (χ4n) is 2.02. The quantitative estimate of drug-likeness (QED) is 0.844. The van der Waals surface area contributed by atoms with Crippen LogP contribution in [0.15, 0.2) is 18.3 Å². The molecule has 0 aliphatic carbocycles. The number of nitrogens with zero attached hydrogens (tertiary/aromatic N) is 2. The summed E-state index contributed by atoms with van der Waals surface area (Å²) >= 11 is 5.53. The van der Waals surface area contributed by atoms with E-state index >= 15 is 0 Å². The molecule has 18 heavy (non-hydrogen) atoms. The second kappa shape index (κ2) is 5.32. The van der Waals surface area contributed by atoms with Gasteiger partial charge in [0.1, 0.15) is 5.69 Å². The summed E-state index contributed by atoms with van der Waals surface area (Å²) in [4.78, 5) is 7.93. The van der Waals surface area contributed by atoms with Crippen molar-refractivity contribution >= 4 is 17.5 Å². The van der Waals surface area contributed by atoms with Gasteiger partial charge in [-0.1, -0.05) is 0 Å². The summed E-state index contributed by atoms with van der Waals surface area (Å²) in [5.41, 5.74) is -0.289. The molecule has 1 N–H and O–H groups in total. The highest BCUT2D eigenvalue weighted by molar-refractivity contribution is 6.13. The fourth-order valence-corrected chi connectivity index (χ4v) is 2.24. The first-order valence-electron chi connectivity index (χ1n) is 5.65. The van der Waals surface area contributed by atoms with Gasteiger partial charge in [0.15, 0.2) is 0 Å². The highest BCUT2D eigenvalue weighted by atomic mass is 35.5. The van der Waals surface area contributed by atoms with E-state index in [-0.39, 0.29) is 6.04 Å². The molecule has 0 saturated carbocycles. The van der Waals surface area contributed by atoms with Crippen molar-refractivity contribution in [1.82, 2.24) is 9.82 Å². The van der Waals surface area contributed by atoms with Gasteiger partial charge in [0, 0.05) is 31.0 Å². The number of piperidine rings is 1. The van der Waals surface area contributed by atoms with E-state index in [2.05, 4.69) is 9.82 Å². The molecule has 1 fully saturated rings. The van der Waals surface area contributed by atoms with E-state index in [9.17, 15) is 13.2 Å². The van der Waals surface area contributed by atoms with E-state index in [4.69, 9.17) is 11.8 Å². The summed E-state index contributed by atoms with van der Waals surface area (Å²) < 4.78 is 37.6. The lowest BCUT2D eigenvalue weighted by molar-refractivity contribution is -0.141. The summed E-state index contributed by atoms with van der Waals surface area (Å²) in [6.45, 7) is 1.37. The van der Waals surface area contributed by atoms with Gasteiger partial charge in [0.2, 0.25) is 0 Å². The first-order valence-corrected chi connectivity index (χ1v) is 6.03. The number of hydrogen-bond acceptors (Lipinski definition) is 3. The molecular formula is C11H13ClF3N3. The van der Waals surface area contributed by atoms with E-state index in [1.165, 1.54) is 6.20 Å². The maximum absolute atomic E-state index is 12.5. The molecule has 1 aromatic heterocycles. The smallest absolute Gasteiger partial charge is 0.371 e. The summed E-state index contributed by atoms with van der Waals surface area (Å²) in [5.74, 6) is 0. The van der Waals surface area contributed by atoms with E-state index < -0.39 is 11.9 Å². The Bertz CT molecular complexity index is 403. The molecule has 100 valence electrons. The van der Waals surface area contributed by atoms with Gasteiger partial charge >= 0.3 is 6.18 Å². The van der Waals surface area contributed by atoms with Crippen LogP contribution >= 0.6 is 11.8 Å². The minimum absolute atomic E-state index is 0.229. The minimum atomic E-state index is -4.40. The van der Waals surface area contributed by atoms with Crippen LogP contribution in [-0.2, 0) is 6.18 Å². The molecule has 0 bridgehead atoms. The van der Waals surface area contributed by atoms with Gasteiger partial charge < -0.3 is 4.90 Å². The summed E-state index contributed by atoms with van der Waals surface area (Å²) in [5, 5.41) is 0. The van der Waals surface area contributed by atoms with E-state index in [0.717, 1.165) is 18.9 Å². The largest absolute Gasteiger partial charge is 0.433 e. The number of halogens is 4. The third-order valence-electron chi connectivity index (χ3n) is 3.05. The van der Waals surface area contributed by atoms with Crippen molar-refractivity contribution in [3.05, 3.63) is 24.0 Å². The Morgan fingerprint density at radius 1 is 1.33 bits per heavy atom. The second-order valence-corrected chi connectivity index (χ2v) is 4.49. The molecule has 3 nitrogen and oxygen atoms in total. The van der Waals surface area contributed by atoms with Crippen LogP contribution in [-0.4, -0.2) is 24.1 Å². The molecule has 1 saturated heterocycles. The summed E-state index contributed by atoms with van der Waals surface area (Å²) in [6, 6.07) is 2.92. The van der Waals surface area contributed by atoms with Crippen molar-refractivity contribution in [2.45, 2.75) is 25.1 Å². The lowest BCUT2D eigenvalue weighted by atomic mass is 10.1. The number of nitrogens with one attached hydrogen (secondary N) is 1. The standard InChI is InChI=1S/C11H13ClF3N3/c12-17-8-2-5-18(6-3-8)9-1-4-16-10(7-9)11(13,14)15/h1,4,7-8,17H,2-3,5-6H2. The second-order valence-electron chi connectivity index (χ2n) is 4.27. The van der Waals surface area contributed by atoms with Crippen LogP contribution in [0.2, 0.25) is 0 Å². The highest BCUT2D eigenvalue weighted by Gasteiger charge is 2.33. The molecule has 0 radical (unpaired) electrons. The van der Waals surface area contributed by atoms with Crippen LogP contribution in [0.1, 0.15) is 18.5 Å². The predicted octanol–water partition coefficient (Wildman–Crippen LogP) is 2.81. The third kappa shape index (κ3) is 3.05. The lowest BCUT2D eigenvalue weighted by Gasteiger charge is -2.33. The van der Waals surface area contributed by atoms with Crippen LogP contribution in [0.3, 0.4) is 0 Å².